The molecule has 1 N–H and O–H groups in total. The molecule has 1 heterocycles. The van der Waals surface area contributed by atoms with Crippen LogP contribution in [0.5, 0.6) is 0 Å². The molecule has 0 saturated carbocycles. The van der Waals surface area contributed by atoms with Crippen LogP contribution in [0.4, 0.5) is 0 Å². The maximum Gasteiger partial charge on any atom is 0.0294 e. The van der Waals surface area contributed by atoms with Gasteiger partial charge in [0, 0.05) is 30.2 Å². The summed E-state index contributed by atoms with van der Waals surface area (Å²) in [6.45, 7) is 10.4. The van der Waals surface area contributed by atoms with Gasteiger partial charge in [-0.1, -0.05) is 29.4 Å². The lowest BCUT2D eigenvalue weighted by molar-refractivity contribution is 0.362. The van der Waals surface area contributed by atoms with Crippen molar-refractivity contribution in [1.29, 1.82) is 0 Å². The van der Waals surface area contributed by atoms with Crippen LogP contribution in [0, 0.1) is 0 Å². The van der Waals surface area contributed by atoms with Gasteiger partial charge in [0.05, 0.1) is 0 Å². The van der Waals surface area contributed by atoms with Crippen LogP contribution < -0.4 is 5.32 Å². The second kappa shape index (κ2) is 5.00. The van der Waals surface area contributed by atoms with Gasteiger partial charge in [0.25, 0.3) is 0 Å². The fourth-order valence-electron chi connectivity index (χ4n) is 1.67. The Hall–Kier alpha value is 0.140. The van der Waals surface area contributed by atoms with Crippen molar-refractivity contribution in [3.8, 4) is 0 Å². The summed E-state index contributed by atoms with van der Waals surface area (Å²) in [6.07, 6.45) is 1.27. The van der Waals surface area contributed by atoms with E-state index >= 15 is 0 Å². The molecule has 0 aliphatic carbocycles. The number of halogens is 1. The molecule has 12 heavy (non-hydrogen) atoms. The molecular weight excluding hydrogens is 216 g/mol. The number of rotatable bonds is 4. The Balaban J connectivity index is 2.21. The summed E-state index contributed by atoms with van der Waals surface area (Å²) in [7, 11) is 0. The Kier molecular flexibility index (Phi) is 4.26. The molecule has 1 unspecified atom stereocenters. The van der Waals surface area contributed by atoms with Gasteiger partial charge in [0.1, 0.15) is 0 Å². The van der Waals surface area contributed by atoms with E-state index in [-0.39, 0.29) is 0 Å². The van der Waals surface area contributed by atoms with E-state index in [4.69, 9.17) is 0 Å². The van der Waals surface area contributed by atoms with Gasteiger partial charge in [-0.05, 0) is 13.0 Å². The third-order valence-corrected chi connectivity index (χ3v) is 2.41. The number of likely N-dealkylation sites (N-methyl/N-ethyl adjacent to an activating group) is 1. The van der Waals surface area contributed by atoms with E-state index in [1.165, 1.54) is 19.5 Å². The molecule has 0 radical (unpaired) electrons. The lowest BCUT2D eigenvalue weighted by Crippen LogP contribution is -2.32. The summed E-state index contributed by atoms with van der Waals surface area (Å²) in [5.74, 6) is 0. The molecule has 1 fully saturated rings. The van der Waals surface area contributed by atoms with E-state index in [1.54, 1.807) is 0 Å². The third kappa shape index (κ3) is 3.25. The monoisotopic (exact) mass is 232 g/mol. The van der Waals surface area contributed by atoms with Crippen LogP contribution in [0.15, 0.2) is 11.1 Å². The van der Waals surface area contributed by atoms with Gasteiger partial charge < -0.3 is 5.32 Å². The molecule has 3 heteroatoms. The summed E-state index contributed by atoms with van der Waals surface area (Å²) in [5, 5.41) is 3.46. The van der Waals surface area contributed by atoms with Crippen molar-refractivity contribution in [1.82, 2.24) is 10.2 Å². The van der Waals surface area contributed by atoms with E-state index in [0.717, 1.165) is 17.6 Å². The number of likely N-dealkylation sites (tertiary alicyclic amines) is 1. The molecule has 0 aromatic rings. The normalized spacial score (nSPS) is 24.7. The zero-order valence-corrected chi connectivity index (χ0v) is 9.23. The second-order valence-electron chi connectivity index (χ2n) is 3.30. The number of nitrogens with one attached hydrogen (secondary N) is 1. The van der Waals surface area contributed by atoms with Crippen molar-refractivity contribution in [3.05, 3.63) is 11.1 Å². The van der Waals surface area contributed by atoms with Crippen LogP contribution in [-0.2, 0) is 0 Å². The Morgan fingerprint density at radius 1 is 1.75 bits per heavy atom. The Bertz CT molecular complexity index is 159. The molecule has 70 valence electrons. The van der Waals surface area contributed by atoms with Gasteiger partial charge in [0.2, 0.25) is 0 Å². The zero-order valence-electron chi connectivity index (χ0n) is 7.65. The van der Waals surface area contributed by atoms with Crippen LogP contribution in [0.2, 0.25) is 0 Å². The molecule has 0 aromatic carbocycles. The van der Waals surface area contributed by atoms with E-state index in [0.29, 0.717) is 6.04 Å². The van der Waals surface area contributed by atoms with Crippen molar-refractivity contribution in [2.75, 3.05) is 26.2 Å². The average Bonchev–Trinajstić information content (AvgIpc) is 2.36. The molecule has 0 aromatic heterocycles. The highest BCUT2D eigenvalue weighted by Gasteiger charge is 2.20. The summed E-state index contributed by atoms with van der Waals surface area (Å²) >= 11 is 3.39. The van der Waals surface area contributed by atoms with Crippen LogP contribution >= 0.6 is 15.9 Å². The summed E-state index contributed by atoms with van der Waals surface area (Å²) in [6, 6.07) is 0.696. The molecule has 0 spiro atoms. The third-order valence-electron chi connectivity index (χ3n) is 2.16. The van der Waals surface area contributed by atoms with Crippen molar-refractivity contribution in [3.63, 3.8) is 0 Å². The fourth-order valence-corrected chi connectivity index (χ4v) is 2.03. The highest BCUT2D eigenvalue weighted by molar-refractivity contribution is 9.11. The Morgan fingerprint density at radius 2 is 2.50 bits per heavy atom. The van der Waals surface area contributed by atoms with Crippen molar-refractivity contribution in [2.24, 2.45) is 0 Å². The Labute approximate surface area is 83.1 Å². The first-order valence-electron chi connectivity index (χ1n) is 4.51. The summed E-state index contributed by atoms with van der Waals surface area (Å²) in [4.78, 5) is 2.42. The lowest BCUT2D eigenvalue weighted by Gasteiger charge is -2.15. The average molecular weight is 233 g/mol. The zero-order chi connectivity index (χ0) is 8.97. The van der Waals surface area contributed by atoms with E-state index in [2.05, 4.69) is 39.6 Å². The predicted octanol–water partition coefficient (Wildman–Crippen LogP) is 1.58. The highest BCUT2D eigenvalue weighted by Crippen LogP contribution is 2.12. The molecule has 0 amide bonds. The van der Waals surface area contributed by atoms with Crippen molar-refractivity contribution in [2.45, 2.75) is 19.4 Å². The van der Waals surface area contributed by atoms with E-state index < -0.39 is 0 Å². The molecule has 1 rings (SSSR count). The van der Waals surface area contributed by atoms with Crippen LogP contribution in [0.1, 0.15) is 13.3 Å². The molecular formula is C9H17BrN2. The van der Waals surface area contributed by atoms with Gasteiger partial charge in [-0.15, -0.1) is 0 Å². The van der Waals surface area contributed by atoms with E-state index in [9.17, 15) is 0 Å². The van der Waals surface area contributed by atoms with Crippen LogP contribution in [-0.4, -0.2) is 37.1 Å². The minimum Gasteiger partial charge on any atom is -0.313 e. The quantitative estimate of drug-likeness (QED) is 0.793. The second-order valence-corrected chi connectivity index (χ2v) is 4.42. The SMILES string of the molecule is C=C(Br)CN1CCC(NCC)C1. The first-order chi connectivity index (χ1) is 5.72. The number of hydrogen-bond donors (Lipinski definition) is 1. The minimum absolute atomic E-state index is 0.696. The van der Waals surface area contributed by atoms with Gasteiger partial charge in [-0.2, -0.15) is 0 Å². The minimum atomic E-state index is 0.696. The van der Waals surface area contributed by atoms with Crippen molar-refractivity contribution < 1.29 is 0 Å². The van der Waals surface area contributed by atoms with Crippen molar-refractivity contribution >= 4 is 15.9 Å². The van der Waals surface area contributed by atoms with Gasteiger partial charge >= 0.3 is 0 Å². The maximum absolute atomic E-state index is 3.84. The number of hydrogen-bond acceptors (Lipinski definition) is 2. The summed E-state index contributed by atoms with van der Waals surface area (Å²) < 4.78 is 1.08. The largest absolute Gasteiger partial charge is 0.313 e. The molecule has 1 atom stereocenters. The molecule has 2 nitrogen and oxygen atoms in total. The fraction of sp³-hybridized carbons (Fsp3) is 0.778. The molecule has 1 aliphatic heterocycles. The van der Waals surface area contributed by atoms with Crippen LogP contribution in [0.3, 0.4) is 0 Å². The topological polar surface area (TPSA) is 15.3 Å². The van der Waals surface area contributed by atoms with Gasteiger partial charge in [-0.3, -0.25) is 4.90 Å². The first kappa shape index (κ1) is 10.2. The van der Waals surface area contributed by atoms with Crippen LogP contribution in [0.25, 0.3) is 0 Å². The number of nitrogens with zero attached hydrogens (tertiary/aromatic N) is 1. The first-order valence-corrected chi connectivity index (χ1v) is 5.30. The lowest BCUT2D eigenvalue weighted by atomic mass is 10.3. The molecule has 1 saturated heterocycles. The molecule has 0 bridgehead atoms. The predicted molar refractivity (Wildman–Crippen MR) is 56.6 cm³/mol. The van der Waals surface area contributed by atoms with E-state index in [1.807, 2.05) is 0 Å². The highest BCUT2D eigenvalue weighted by atomic mass is 79.9. The maximum atomic E-state index is 3.84. The molecule has 1 aliphatic rings. The standard InChI is InChI=1S/C9H17BrN2/c1-3-11-9-4-5-12(7-9)6-8(2)10/h9,11H,2-7H2,1H3. The van der Waals surface area contributed by atoms with Gasteiger partial charge in [-0.25, -0.2) is 0 Å². The van der Waals surface area contributed by atoms with Gasteiger partial charge in [0.15, 0.2) is 0 Å². The summed E-state index contributed by atoms with van der Waals surface area (Å²) in [5.41, 5.74) is 0. The Morgan fingerprint density at radius 3 is 3.08 bits per heavy atom. The smallest absolute Gasteiger partial charge is 0.0294 e.